The molecule has 2 heterocycles. The van der Waals surface area contributed by atoms with E-state index in [9.17, 15) is 9.59 Å². The molecule has 0 unspecified atom stereocenters. The van der Waals surface area contributed by atoms with Gasteiger partial charge in [0.15, 0.2) is 0 Å². The summed E-state index contributed by atoms with van der Waals surface area (Å²) in [7, 11) is 0. The Morgan fingerprint density at radius 2 is 1.44 bits per heavy atom. The molecule has 0 saturated carbocycles. The Kier molecular flexibility index (Phi) is 6.50. The molecule has 6 nitrogen and oxygen atoms in total. The van der Waals surface area contributed by atoms with Crippen molar-refractivity contribution in [1.82, 2.24) is 9.97 Å². The Hall–Kier alpha value is -4.32. The van der Waals surface area contributed by atoms with Gasteiger partial charge in [0.1, 0.15) is 13.2 Å². The van der Waals surface area contributed by atoms with Gasteiger partial charge >= 0.3 is 11.9 Å². The molecule has 4 aromatic rings. The summed E-state index contributed by atoms with van der Waals surface area (Å²) in [6.07, 6.45) is 3.03. The molecule has 0 aliphatic heterocycles. The molecule has 0 aliphatic carbocycles. The largest absolute Gasteiger partial charge is 0.458 e. The first-order chi connectivity index (χ1) is 16.4. The van der Waals surface area contributed by atoms with Crippen molar-refractivity contribution in [2.24, 2.45) is 0 Å². The van der Waals surface area contributed by atoms with Crippen LogP contribution in [0.1, 0.15) is 31.8 Å². The number of rotatable bonds is 7. The number of carbonyl (C=O) groups excluding carboxylic acids is 2. The van der Waals surface area contributed by atoms with Crippen molar-refractivity contribution in [1.29, 1.82) is 0 Å². The molecule has 0 spiro atoms. The lowest BCUT2D eigenvalue weighted by Crippen LogP contribution is -2.09. The molecule has 2 aromatic carbocycles. The fraction of sp³-hybridized carbons (Fsp3) is 0.143. The Morgan fingerprint density at radius 1 is 0.824 bits per heavy atom. The fourth-order valence-corrected chi connectivity index (χ4v) is 3.82. The average Bonchev–Trinajstić information content (AvgIpc) is 2.84. The minimum Gasteiger partial charge on any atom is -0.458 e. The molecule has 0 radical (unpaired) electrons. The number of aryl methyl sites for hydroxylation is 2. The SMILES string of the molecule is C=CCOC(=O)c1cc(-c2cc(C(=O)OCC=C)c3c(C)cccc3n2)nc2ccc(C)cc12. The second kappa shape index (κ2) is 9.67. The predicted octanol–water partition coefficient (Wildman–Crippen LogP) is 5.75. The number of fused-ring (bicyclic) bond motifs is 2. The van der Waals surface area contributed by atoms with Crippen LogP contribution in [0, 0.1) is 13.8 Å². The van der Waals surface area contributed by atoms with Crippen LogP contribution in [0.2, 0.25) is 0 Å². The van der Waals surface area contributed by atoms with Gasteiger partial charge in [-0.05, 0) is 49.7 Å². The Balaban J connectivity index is 1.95. The molecule has 0 saturated heterocycles. The summed E-state index contributed by atoms with van der Waals surface area (Å²) >= 11 is 0. The lowest BCUT2D eigenvalue weighted by molar-refractivity contribution is 0.0542. The second-order valence-corrected chi connectivity index (χ2v) is 7.87. The van der Waals surface area contributed by atoms with E-state index in [4.69, 9.17) is 19.4 Å². The van der Waals surface area contributed by atoms with Crippen molar-refractivity contribution in [2.75, 3.05) is 13.2 Å². The van der Waals surface area contributed by atoms with Gasteiger partial charge in [0, 0.05) is 10.8 Å². The van der Waals surface area contributed by atoms with E-state index < -0.39 is 11.9 Å². The van der Waals surface area contributed by atoms with Crippen molar-refractivity contribution in [3.8, 4) is 11.4 Å². The molecule has 170 valence electrons. The summed E-state index contributed by atoms with van der Waals surface area (Å²) in [5.41, 5.74) is 4.78. The van der Waals surface area contributed by atoms with Gasteiger partial charge in [-0.25, -0.2) is 19.6 Å². The molecule has 0 bridgehead atoms. The van der Waals surface area contributed by atoms with Gasteiger partial charge in [0.2, 0.25) is 0 Å². The lowest BCUT2D eigenvalue weighted by Gasteiger charge is -2.13. The number of hydrogen-bond acceptors (Lipinski definition) is 6. The maximum absolute atomic E-state index is 12.9. The number of nitrogens with zero attached hydrogens (tertiary/aromatic N) is 2. The molecular formula is C28H24N2O4. The molecule has 34 heavy (non-hydrogen) atoms. The van der Waals surface area contributed by atoms with Crippen LogP contribution in [0.3, 0.4) is 0 Å². The van der Waals surface area contributed by atoms with E-state index in [2.05, 4.69) is 13.2 Å². The van der Waals surface area contributed by atoms with E-state index in [-0.39, 0.29) is 13.2 Å². The molecular weight excluding hydrogens is 428 g/mol. The number of aromatic nitrogens is 2. The van der Waals surface area contributed by atoms with Crippen molar-refractivity contribution in [3.05, 3.63) is 96.1 Å². The van der Waals surface area contributed by atoms with E-state index in [1.807, 2.05) is 50.2 Å². The maximum Gasteiger partial charge on any atom is 0.339 e. The molecule has 0 atom stereocenters. The van der Waals surface area contributed by atoms with E-state index in [1.54, 1.807) is 12.1 Å². The van der Waals surface area contributed by atoms with Gasteiger partial charge < -0.3 is 9.47 Å². The summed E-state index contributed by atoms with van der Waals surface area (Å²) in [6.45, 7) is 11.3. The highest BCUT2D eigenvalue weighted by Crippen LogP contribution is 2.30. The molecule has 2 aromatic heterocycles. The van der Waals surface area contributed by atoms with Crippen molar-refractivity contribution in [2.45, 2.75) is 13.8 Å². The number of ether oxygens (including phenoxy) is 2. The lowest BCUT2D eigenvalue weighted by atomic mass is 10.0. The summed E-state index contributed by atoms with van der Waals surface area (Å²) in [4.78, 5) is 35.3. The first-order valence-corrected chi connectivity index (χ1v) is 10.8. The van der Waals surface area contributed by atoms with Crippen LogP contribution in [0.15, 0.2) is 73.8 Å². The summed E-state index contributed by atoms with van der Waals surface area (Å²) < 4.78 is 10.7. The molecule has 4 rings (SSSR count). The van der Waals surface area contributed by atoms with Crippen LogP contribution in [0.25, 0.3) is 33.2 Å². The van der Waals surface area contributed by atoms with E-state index in [0.717, 1.165) is 11.1 Å². The first kappa shape index (κ1) is 22.9. The zero-order valence-electron chi connectivity index (χ0n) is 19.1. The van der Waals surface area contributed by atoms with E-state index >= 15 is 0 Å². The quantitative estimate of drug-likeness (QED) is 0.262. The topological polar surface area (TPSA) is 78.4 Å². The molecule has 0 aliphatic rings. The number of benzene rings is 2. The highest BCUT2D eigenvalue weighted by atomic mass is 16.5. The van der Waals surface area contributed by atoms with Gasteiger partial charge in [-0.1, -0.05) is 49.1 Å². The van der Waals surface area contributed by atoms with Crippen LogP contribution >= 0.6 is 0 Å². The smallest absolute Gasteiger partial charge is 0.339 e. The van der Waals surface area contributed by atoms with Crippen molar-refractivity contribution in [3.63, 3.8) is 0 Å². The van der Waals surface area contributed by atoms with Gasteiger partial charge in [0.05, 0.1) is 33.5 Å². The van der Waals surface area contributed by atoms with Gasteiger partial charge in [-0.3, -0.25) is 0 Å². The second-order valence-electron chi connectivity index (χ2n) is 7.87. The van der Waals surface area contributed by atoms with Crippen molar-refractivity contribution < 1.29 is 19.1 Å². The van der Waals surface area contributed by atoms with Crippen LogP contribution in [-0.4, -0.2) is 35.1 Å². The van der Waals surface area contributed by atoms with Gasteiger partial charge in [-0.2, -0.15) is 0 Å². The number of pyridine rings is 2. The van der Waals surface area contributed by atoms with Crippen LogP contribution in [0.5, 0.6) is 0 Å². The number of carbonyl (C=O) groups is 2. The minimum atomic E-state index is -0.485. The predicted molar refractivity (Wildman–Crippen MR) is 133 cm³/mol. The highest BCUT2D eigenvalue weighted by Gasteiger charge is 2.20. The van der Waals surface area contributed by atoms with Crippen LogP contribution in [0.4, 0.5) is 0 Å². The first-order valence-electron chi connectivity index (χ1n) is 10.8. The third-order valence-corrected chi connectivity index (χ3v) is 5.37. The van der Waals surface area contributed by atoms with Gasteiger partial charge in [0.25, 0.3) is 0 Å². The van der Waals surface area contributed by atoms with E-state index in [0.29, 0.717) is 44.3 Å². The third kappa shape index (κ3) is 4.43. The van der Waals surface area contributed by atoms with Crippen LogP contribution in [-0.2, 0) is 9.47 Å². The number of esters is 2. The molecule has 0 amide bonds. The summed E-state index contributed by atoms with van der Waals surface area (Å²) in [5, 5.41) is 1.39. The van der Waals surface area contributed by atoms with E-state index in [1.165, 1.54) is 12.2 Å². The highest BCUT2D eigenvalue weighted by molar-refractivity contribution is 6.07. The third-order valence-electron chi connectivity index (χ3n) is 5.37. The standard InChI is InChI=1S/C28H24N2O4/c1-5-12-33-27(31)20-15-24(29-22-11-10-17(3)14-19(20)22)25-16-21(28(32)34-13-6-2)26-18(4)8-7-9-23(26)30-25/h5-11,14-16H,1-2,12-13H2,3-4H3. The van der Waals surface area contributed by atoms with Crippen molar-refractivity contribution >= 4 is 33.7 Å². The Labute approximate surface area is 197 Å². The molecule has 0 N–H and O–H groups in total. The summed E-state index contributed by atoms with van der Waals surface area (Å²) in [6, 6.07) is 14.6. The molecule has 0 fully saturated rings. The number of hydrogen-bond donors (Lipinski definition) is 0. The Bertz CT molecular complexity index is 1460. The zero-order valence-corrected chi connectivity index (χ0v) is 19.1. The minimum absolute atomic E-state index is 0.0938. The Morgan fingerprint density at radius 3 is 2.12 bits per heavy atom. The average molecular weight is 453 g/mol. The van der Waals surface area contributed by atoms with Gasteiger partial charge in [-0.15, -0.1) is 0 Å². The summed E-state index contributed by atoms with van der Waals surface area (Å²) in [5.74, 6) is -0.966. The fourth-order valence-electron chi connectivity index (χ4n) is 3.82. The maximum atomic E-state index is 12.9. The molecule has 6 heteroatoms. The monoisotopic (exact) mass is 452 g/mol. The zero-order chi connectivity index (χ0) is 24.2. The van der Waals surface area contributed by atoms with Crippen LogP contribution < -0.4 is 0 Å². The normalized spacial score (nSPS) is 10.8.